The molecule has 0 unspecified atom stereocenters. The smallest absolute Gasteiger partial charge is 0.316 e. The summed E-state index contributed by atoms with van der Waals surface area (Å²) in [5.41, 5.74) is 1.02. The predicted molar refractivity (Wildman–Crippen MR) is 63.4 cm³/mol. The van der Waals surface area contributed by atoms with Crippen molar-refractivity contribution < 1.29 is 4.79 Å². The molecule has 0 N–H and O–H groups in total. The molecule has 0 fully saturated rings. The van der Waals surface area contributed by atoms with Crippen molar-refractivity contribution in [3.8, 4) is 0 Å². The molecule has 0 aromatic heterocycles. The van der Waals surface area contributed by atoms with Crippen LogP contribution in [0.1, 0.15) is 19.4 Å². The lowest BCUT2D eigenvalue weighted by atomic mass is 10.2. The minimum absolute atomic E-state index is 0.0886. The Balaban J connectivity index is 2.74. The highest BCUT2D eigenvalue weighted by molar-refractivity contribution is 6.62. The minimum Gasteiger partial charge on any atom is -0.322 e. The van der Waals surface area contributed by atoms with Gasteiger partial charge in [0.2, 0.25) is 0 Å². The van der Waals surface area contributed by atoms with Crippen LogP contribution in [0.3, 0.4) is 0 Å². The van der Waals surface area contributed by atoms with Gasteiger partial charge in [0, 0.05) is 17.6 Å². The molecule has 1 amide bonds. The van der Waals surface area contributed by atoms with Gasteiger partial charge in [-0.3, -0.25) is 4.79 Å². The summed E-state index contributed by atoms with van der Waals surface area (Å²) >= 11 is 11.2. The molecule has 1 aromatic rings. The Hall–Kier alpha value is -0.730. The van der Waals surface area contributed by atoms with Crippen molar-refractivity contribution in [2.24, 2.45) is 0 Å². The maximum Gasteiger partial charge on any atom is 0.316 e. The van der Waals surface area contributed by atoms with Crippen LogP contribution in [0, 0.1) is 0 Å². The number of carbonyl (C=O) groups excluding carboxylic acids is 1. The van der Waals surface area contributed by atoms with E-state index in [4.69, 9.17) is 23.2 Å². The summed E-state index contributed by atoms with van der Waals surface area (Å²) in [5, 5.41) is 0.256. The van der Waals surface area contributed by atoms with Crippen molar-refractivity contribution in [1.29, 1.82) is 0 Å². The van der Waals surface area contributed by atoms with E-state index in [2.05, 4.69) is 0 Å². The minimum atomic E-state index is -0.431. The molecule has 0 bridgehead atoms. The van der Waals surface area contributed by atoms with Crippen molar-refractivity contribution in [2.75, 3.05) is 0 Å². The fourth-order valence-electron chi connectivity index (χ4n) is 1.23. The molecule has 0 saturated heterocycles. The maximum absolute atomic E-state index is 11.1. The molecule has 4 heteroatoms. The largest absolute Gasteiger partial charge is 0.322 e. The van der Waals surface area contributed by atoms with Gasteiger partial charge in [-0.1, -0.05) is 23.7 Å². The highest BCUT2D eigenvalue weighted by Crippen LogP contribution is 2.14. The zero-order chi connectivity index (χ0) is 11.4. The van der Waals surface area contributed by atoms with Gasteiger partial charge in [0.25, 0.3) is 0 Å². The molecule has 1 rings (SSSR count). The predicted octanol–water partition coefficient (Wildman–Crippen LogP) is 3.91. The van der Waals surface area contributed by atoms with Crippen LogP contribution in [0.15, 0.2) is 24.3 Å². The fraction of sp³-hybridized carbons (Fsp3) is 0.364. The fourth-order valence-corrected chi connectivity index (χ4v) is 1.62. The average Bonchev–Trinajstić information content (AvgIpc) is 2.15. The van der Waals surface area contributed by atoms with Gasteiger partial charge in [-0.05, 0) is 43.1 Å². The van der Waals surface area contributed by atoms with Gasteiger partial charge in [-0.25, -0.2) is 0 Å². The van der Waals surface area contributed by atoms with Gasteiger partial charge in [0.15, 0.2) is 0 Å². The van der Waals surface area contributed by atoms with Crippen LogP contribution >= 0.6 is 23.2 Å². The van der Waals surface area contributed by atoms with Crippen molar-refractivity contribution in [2.45, 2.75) is 26.4 Å². The standard InChI is InChI=1S/C11H13Cl2NO/c1-8(2)14(11(13)15)7-9-3-5-10(12)6-4-9/h3-6,8H,7H2,1-2H3. The number of carbonyl (C=O) groups is 1. The van der Waals surface area contributed by atoms with E-state index in [0.29, 0.717) is 11.6 Å². The molecule has 0 heterocycles. The van der Waals surface area contributed by atoms with E-state index in [1.165, 1.54) is 0 Å². The van der Waals surface area contributed by atoms with E-state index in [1.807, 2.05) is 26.0 Å². The van der Waals surface area contributed by atoms with Crippen LogP contribution in [-0.4, -0.2) is 16.3 Å². The summed E-state index contributed by atoms with van der Waals surface area (Å²) in [7, 11) is 0. The van der Waals surface area contributed by atoms with E-state index in [0.717, 1.165) is 5.56 Å². The van der Waals surface area contributed by atoms with E-state index in [9.17, 15) is 4.79 Å². The second-order valence-electron chi connectivity index (χ2n) is 3.60. The SMILES string of the molecule is CC(C)N(Cc1ccc(Cl)cc1)C(=O)Cl. The molecule has 0 aliphatic heterocycles. The molecule has 82 valence electrons. The summed E-state index contributed by atoms with van der Waals surface area (Å²) < 4.78 is 0. The summed E-state index contributed by atoms with van der Waals surface area (Å²) in [5.74, 6) is 0. The van der Waals surface area contributed by atoms with Gasteiger partial charge < -0.3 is 4.90 Å². The third-order valence-electron chi connectivity index (χ3n) is 2.12. The molecule has 0 aliphatic rings. The second-order valence-corrected chi connectivity index (χ2v) is 4.36. The molecule has 0 aliphatic carbocycles. The third kappa shape index (κ3) is 3.73. The Morgan fingerprint density at radius 2 is 1.87 bits per heavy atom. The van der Waals surface area contributed by atoms with Gasteiger partial charge >= 0.3 is 5.37 Å². The number of hydrogen-bond donors (Lipinski definition) is 0. The Morgan fingerprint density at radius 3 is 2.27 bits per heavy atom. The first-order valence-corrected chi connectivity index (χ1v) is 5.47. The number of benzene rings is 1. The first-order chi connectivity index (χ1) is 7.00. The number of rotatable bonds is 3. The monoisotopic (exact) mass is 245 g/mol. The summed E-state index contributed by atoms with van der Waals surface area (Å²) in [6, 6.07) is 7.46. The Kier molecular flexibility index (Phi) is 4.43. The van der Waals surface area contributed by atoms with E-state index in [1.54, 1.807) is 17.0 Å². The highest BCUT2D eigenvalue weighted by Gasteiger charge is 2.14. The number of hydrogen-bond acceptors (Lipinski definition) is 1. The molecule has 1 aromatic carbocycles. The Bertz CT molecular complexity index is 335. The van der Waals surface area contributed by atoms with Crippen molar-refractivity contribution >= 4 is 28.6 Å². The summed E-state index contributed by atoms with van der Waals surface area (Å²) in [6.45, 7) is 4.36. The lowest BCUT2D eigenvalue weighted by molar-refractivity contribution is 0.204. The van der Waals surface area contributed by atoms with Crippen LogP contribution in [0.25, 0.3) is 0 Å². The molecule has 2 nitrogen and oxygen atoms in total. The normalized spacial score (nSPS) is 10.5. The van der Waals surface area contributed by atoms with Crippen LogP contribution in [-0.2, 0) is 6.54 Å². The summed E-state index contributed by atoms with van der Waals surface area (Å²) in [4.78, 5) is 12.7. The Labute approximate surface area is 99.8 Å². The first-order valence-electron chi connectivity index (χ1n) is 4.71. The van der Waals surface area contributed by atoms with Gasteiger partial charge in [-0.2, -0.15) is 0 Å². The Morgan fingerprint density at radius 1 is 1.33 bits per heavy atom. The molecule has 0 spiro atoms. The van der Waals surface area contributed by atoms with Crippen LogP contribution in [0.4, 0.5) is 4.79 Å². The van der Waals surface area contributed by atoms with E-state index >= 15 is 0 Å². The van der Waals surface area contributed by atoms with Crippen LogP contribution < -0.4 is 0 Å². The third-order valence-corrected chi connectivity index (χ3v) is 2.58. The zero-order valence-electron chi connectivity index (χ0n) is 8.71. The molecular weight excluding hydrogens is 233 g/mol. The van der Waals surface area contributed by atoms with Crippen LogP contribution in [0.5, 0.6) is 0 Å². The number of nitrogens with zero attached hydrogens (tertiary/aromatic N) is 1. The van der Waals surface area contributed by atoms with Gasteiger partial charge in [0.1, 0.15) is 0 Å². The molecule has 0 saturated carbocycles. The average molecular weight is 246 g/mol. The second kappa shape index (κ2) is 5.38. The molecule has 0 radical (unpaired) electrons. The van der Waals surface area contributed by atoms with Gasteiger partial charge in [0.05, 0.1) is 0 Å². The zero-order valence-corrected chi connectivity index (χ0v) is 10.2. The topological polar surface area (TPSA) is 20.3 Å². The van der Waals surface area contributed by atoms with Crippen LogP contribution in [0.2, 0.25) is 5.02 Å². The molecular formula is C11H13Cl2NO. The van der Waals surface area contributed by atoms with Crippen molar-refractivity contribution in [3.63, 3.8) is 0 Å². The van der Waals surface area contributed by atoms with Gasteiger partial charge in [-0.15, -0.1) is 0 Å². The lowest BCUT2D eigenvalue weighted by Gasteiger charge is -2.23. The number of halogens is 2. The lowest BCUT2D eigenvalue weighted by Crippen LogP contribution is -2.32. The van der Waals surface area contributed by atoms with Crippen molar-refractivity contribution in [1.82, 2.24) is 4.90 Å². The quantitative estimate of drug-likeness (QED) is 0.584. The number of amides is 1. The molecule has 15 heavy (non-hydrogen) atoms. The highest BCUT2D eigenvalue weighted by atomic mass is 35.5. The van der Waals surface area contributed by atoms with Crippen molar-refractivity contribution in [3.05, 3.63) is 34.9 Å². The van der Waals surface area contributed by atoms with E-state index < -0.39 is 5.37 Å². The maximum atomic E-state index is 11.1. The molecule has 0 atom stereocenters. The summed E-state index contributed by atoms with van der Waals surface area (Å²) in [6.07, 6.45) is 0. The van der Waals surface area contributed by atoms with E-state index in [-0.39, 0.29) is 6.04 Å². The first kappa shape index (κ1) is 12.3.